The number of carboxylic acids is 1. The van der Waals surface area contributed by atoms with E-state index in [1.807, 2.05) is 43.3 Å². The van der Waals surface area contributed by atoms with Crippen LogP contribution in [0.1, 0.15) is 22.3 Å². The molecule has 7 heteroatoms. The molecule has 0 atom stereocenters. The molecule has 2 N–H and O–H groups in total. The number of fused-ring (bicyclic) bond motifs is 1. The standard InChI is InChI=1S/C18H16N2O3S2/c1-11-4-2-3-5-13(11)17(23)19-12-6-7-14-15(10-12)25-18(20-14)24-9-8-16(21)22/h2-7,10H,8-9H2,1H3,(H,19,23)(H,21,22). The Morgan fingerprint density at radius 1 is 1.24 bits per heavy atom. The van der Waals surface area contributed by atoms with E-state index in [-0.39, 0.29) is 12.3 Å². The first kappa shape index (κ1) is 17.4. The highest BCUT2D eigenvalue weighted by molar-refractivity contribution is 8.01. The summed E-state index contributed by atoms with van der Waals surface area (Å²) in [5.41, 5.74) is 3.14. The van der Waals surface area contributed by atoms with Crippen LogP contribution in [-0.2, 0) is 4.79 Å². The first-order valence-corrected chi connectivity index (χ1v) is 9.45. The fourth-order valence-electron chi connectivity index (χ4n) is 2.29. The number of aliphatic carboxylic acids is 1. The van der Waals surface area contributed by atoms with Crippen LogP contribution in [0.15, 0.2) is 46.8 Å². The van der Waals surface area contributed by atoms with Crippen molar-refractivity contribution in [3.63, 3.8) is 0 Å². The summed E-state index contributed by atoms with van der Waals surface area (Å²) in [5, 5.41) is 11.6. The predicted octanol–water partition coefficient (Wildman–Crippen LogP) is 4.42. The molecule has 0 fully saturated rings. The van der Waals surface area contributed by atoms with Crippen LogP contribution in [0.25, 0.3) is 10.2 Å². The molecule has 3 aromatic rings. The molecule has 5 nitrogen and oxygen atoms in total. The van der Waals surface area contributed by atoms with Crippen molar-refractivity contribution in [2.45, 2.75) is 17.7 Å². The van der Waals surface area contributed by atoms with E-state index in [0.717, 1.165) is 20.1 Å². The minimum Gasteiger partial charge on any atom is -0.481 e. The molecule has 0 aliphatic heterocycles. The molecule has 2 aromatic carbocycles. The van der Waals surface area contributed by atoms with Gasteiger partial charge in [-0.15, -0.1) is 11.3 Å². The fraction of sp³-hybridized carbons (Fsp3) is 0.167. The lowest BCUT2D eigenvalue weighted by atomic mass is 10.1. The predicted molar refractivity (Wildman–Crippen MR) is 102 cm³/mol. The summed E-state index contributed by atoms with van der Waals surface area (Å²) >= 11 is 2.93. The normalized spacial score (nSPS) is 10.8. The van der Waals surface area contributed by atoms with Gasteiger partial charge in [-0.3, -0.25) is 9.59 Å². The van der Waals surface area contributed by atoms with Crippen LogP contribution in [0.4, 0.5) is 5.69 Å². The summed E-state index contributed by atoms with van der Waals surface area (Å²) in [6.07, 6.45) is 0.109. The number of amides is 1. The van der Waals surface area contributed by atoms with Gasteiger partial charge in [0.1, 0.15) is 0 Å². The van der Waals surface area contributed by atoms with E-state index in [2.05, 4.69) is 10.3 Å². The minimum absolute atomic E-state index is 0.109. The monoisotopic (exact) mass is 372 g/mol. The molecule has 1 heterocycles. The Balaban J connectivity index is 1.73. The number of carbonyl (C=O) groups is 2. The molecule has 1 aromatic heterocycles. The number of carbonyl (C=O) groups excluding carboxylic acids is 1. The van der Waals surface area contributed by atoms with E-state index in [0.29, 0.717) is 17.0 Å². The van der Waals surface area contributed by atoms with Crippen LogP contribution in [0.2, 0.25) is 0 Å². The molecule has 0 saturated carbocycles. The van der Waals surface area contributed by atoms with Gasteiger partial charge >= 0.3 is 5.97 Å². The van der Waals surface area contributed by atoms with Crippen LogP contribution < -0.4 is 5.32 Å². The first-order chi connectivity index (χ1) is 12.0. The molecule has 0 aliphatic rings. The van der Waals surface area contributed by atoms with Gasteiger partial charge in [0.05, 0.1) is 16.6 Å². The lowest BCUT2D eigenvalue weighted by Crippen LogP contribution is -2.13. The second-order valence-corrected chi connectivity index (χ2v) is 7.80. The number of nitrogens with zero attached hydrogens (tertiary/aromatic N) is 1. The average Bonchev–Trinajstić information content (AvgIpc) is 2.96. The average molecular weight is 372 g/mol. The maximum Gasteiger partial charge on any atom is 0.304 e. The quantitative estimate of drug-likeness (QED) is 0.626. The SMILES string of the molecule is Cc1ccccc1C(=O)Nc1ccc2nc(SCCC(=O)O)sc2c1. The number of carboxylic acid groups (broad SMARTS) is 1. The molecule has 128 valence electrons. The van der Waals surface area contributed by atoms with Crippen molar-refractivity contribution in [3.8, 4) is 0 Å². The van der Waals surface area contributed by atoms with Crippen molar-refractivity contribution < 1.29 is 14.7 Å². The van der Waals surface area contributed by atoms with Crippen molar-refractivity contribution in [1.82, 2.24) is 4.98 Å². The van der Waals surface area contributed by atoms with Gasteiger partial charge in [-0.05, 0) is 36.8 Å². The van der Waals surface area contributed by atoms with E-state index >= 15 is 0 Å². The number of aryl methyl sites for hydroxylation is 1. The zero-order valence-corrected chi connectivity index (χ0v) is 15.1. The van der Waals surface area contributed by atoms with E-state index < -0.39 is 5.97 Å². The molecule has 25 heavy (non-hydrogen) atoms. The molecule has 0 bridgehead atoms. The van der Waals surface area contributed by atoms with Gasteiger partial charge in [-0.1, -0.05) is 30.0 Å². The molecule has 1 amide bonds. The number of thioether (sulfide) groups is 1. The summed E-state index contributed by atoms with van der Waals surface area (Å²) in [6, 6.07) is 13.0. The van der Waals surface area contributed by atoms with Gasteiger partial charge in [-0.2, -0.15) is 0 Å². The Morgan fingerprint density at radius 2 is 2.04 bits per heavy atom. The summed E-state index contributed by atoms with van der Waals surface area (Å²) in [7, 11) is 0. The third kappa shape index (κ3) is 4.37. The largest absolute Gasteiger partial charge is 0.481 e. The maximum atomic E-state index is 12.4. The lowest BCUT2D eigenvalue weighted by Gasteiger charge is -2.07. The Kier molecular flexibility index (Phi) is 5.35. The summed E-state index contributed by atoms with van der Waals surface area (Å²) in [5.74, 6) is -0.459. The highest BCUT2D eigenvalue weighted by atomic mass is 32.2. The van der Waals surface area contributed by atoms with Gasteiger partial charge < -0.3 is 10.4 Å². The van der Waals surface area contributed by atoms with Crippen LogP contribution >= 0.6 is 23.1 Å². The summed E-state index contributed by atoms with van der Waals surface area (Å²) < 4.78 is 1.79. The van der Waals surface area contributed by atoms with Crippen molar-refractivity contribution in [2.75, 3.05) is 11.1 Å². The second-order valence-electron chi connectivity index (χ2n) is 5.42. The Hall–Kier alpha value is -2.38. The van der Waals surface area contributed by atoms with Crippen LogP contribution in [0.5, 0.6) is 0 Å². The highest BCUT2D eigenvalue weighted by Crippen LogP contribution is 2.31. The molecule has 0 aliphatic carbocycles. The van der Waals surface area contributed by atoms with Gasteiger partial charge in [0.15, 0.2) is 4.34 Å². The smallest absolute Gasteiger partial charge is 0.304 e. The Bertz CT molecular complexity index is 937. The maximum absolute atomic E-state index is 12.4. The van der Waals surface area contributed by atoms with E-state index in [4.69, 9.17) is 5.11 Å². The number of aromatic nitrogens is 1. The molecular formula is C18H16N2O3S2. The molecule has 0 unspecified atom stereocenters. The number of anilines is 1. The second kappa shape index (κ2) is 7.67. The zero-order valence-electron chi connectivity index (χ0n) is 13.5. The number of hydrogen-bond acceptors (Lipinski definition) is 5. The number of rotatable bonds is 6. The van der Waals surface area contributed by atoms with E-state index in [9.17, 15) is 9.59 Å². The van der Waals surface area contributed by atoms with E-state index in [1.54, 1.807) is 6.07 Å². The molecule has 0 radical (unpaired) electrons. The molecule has 0 saturated heterocycles. The number of thiazole rings is 1. The van der Waals surface area contributed by atoms with Gasteiger partial charge in [0, 0.05) is 17.0 Å². The molecule has 3 rings (SSSR count). The van der Waals surface area contributed by atoms with Gasteiger partial charge in [0.2, 0.25) is 0 Å². The van der Waals surface area contributed by atoms with E-state index in [1.165, 1.54) is 23.1 Å². The summed E-state index contributed by atoms with van der Waals surface area (Å²) in [6.45, 7) is 1.90. The van der Waals surface area contributed by atoms with Crippen molar-refractivity contribution >= 4 is 50.9 Å². The molecular weight excluding hydrogens is 356 g/mol. The number of nitrogens with one attached hydrogen (secondary N) is 1. The van der Waals surface area contributed by atoms with Crippen molar-refractivity contribution in [3.05, 3.63) is 53.6 Å². The molecule has 0 spiro atoms. The van der Waals surface area contributed by atoms with Crippen LogP contribution in [-0.4, -0.2) is 27.7 Å². The lowest BCUT2D eigenvalue weighted by molar-refractivity contribution is -0.136. The first-order valence-electron chi connectivity index (χ1n) is 7.65. The highest BCUT2D eigenvalue weighted by Gasteiger charge is 2.10. The Labute approximate surface area is 153 Å². The minimum atomic E-state index is -0.810. The van der Waals surface area contributed by atoms with Gasteiger partial charge in [0.25, 0.3) is 5.91 Å². The fourth-order valence-corrected chi connectivity index (χ4v) is 4.40. The van der Waals surface area contributed by atoms with Crippen LogP contribution in [0.3, 0.4) is 0 Å². The topological polar surface area (TPSA) is 79.3 Å². The Morgan fingerprint density at radius 3 is 2.80 bits per heavy atom. The van der Waals surface area contributed by atoms with Crippen molar-refractivity contribution in [2.24, 2.45) is 0 Å². The van der Waals surface area contributed by atoms with Crippen molar-refractivity contribution in [1.29, 1.82) is 0 Å². The zero-order chi connectivity index (χ0) is 17.8. The van der Waals surface area contributed by atoms with Crippen LogP contribution in [0, 0.1) is 6.92 Å². The number of benzene rings is 2. The summed E-state index contributed by atoms with van der Waals surface area (Å²) in [4.78, 5) is 27.5. The van der Waals surface area contributed by atoms with Gasteiger partial charge in [-0.25, -0.2) is 4.98 Å². The third-order valence-corrected chi connectivity index (χ3v) is 5.72. The number of hydrogen-bond donors (Lipinski definition) is 2. The third-order valence-electron chi connectivity index (χ3n) is 3.56.